The Kier molecular flexibility index (Phi) is 2.29. The van der Waals surface area contributed by atoms with Gasteiger partial charge < -0.3 is 10.3 Å². The van der Waals surface area contributed by atoms with E-state index in [4.69, 9.17) is 0 Å². The molecule has 1 aromatic heterocycles. The second-order valence-corrected chi connectivity index (χ2v) is 5.10. The number of rotatable bonds is 3. The van der Waals surface area contributed by atoms with E-state index in [1.54, 1.807) is 0 Å². The molecule has 0 amide bonds. The van der Waals surface area contributed by atoms with E-state index >= 15 is 0 Å². The summed E-state index contributed by atoms with van der Waals surface area (Å²) in [5.41, 5.74) is 2.49. The van der Waals surface area contributed by atoms with E-state index in [0.29, 0.717) is 0 Å². The minimum absolute atomic E-state index is 0.767. The van der Waals surface area contributed by atoms with Crippen LogP contribution in [-0.2, 0) is 6.54 Å². The second kappa shape index (κ2) is 3.65. The van der Waals surface area contributed by atoms with E-state index in [-0.39, 0.29) is 0 Å². The molecule has 0 atom stereocenters. The van der Waals surface area contributed by atoms with Crippen LogP contribution in [0.15, 0.2) is 28.7 Å². The topological polar surface area (TPSA) is 27.8 Å². The Balaban J connectivity index is 1.84. The van der Waals surface area contributed by atoms with Crippen LogP contribution in [0, 0.1) is 0 Å². The maximum Gasteiger partial charge on any atom is 0.0457 e. The third kappa shape index (κ3) is 2.08. The first-order valence-corrected chi connectivity index (χ1v) is 6.11. The molecule has 1 saturated carbocycles. The highest BCUT2D eigenvalue weighted by Gasteiger charge is 2.20. The molecule has 0 spiro atoms. The summed E-state index contributed by atoms with van der Waals surface area (Å²) < 4.78 is 1.13. The lowest BCUT2D eigenvalue weighted by Gasteiger charge is -1.98. The highest BCUT2D eigenvalue weighted by molar-refractivity contribution is 9.10. The summed E-state index contributed by atoms with van der Waals surface area (Å²) >= 11 is 3.48. The summed E-state index contributed by atoms with van der Waals surface area (Å²) in [5, 5.41) is 4.78. The van der Waals surface area contributed by atoms with E-state index < -0.39 is 0 Å². The normalized spacial score (nSPS) is 16.1. The summed E-state index contributed by atoms with van der Waals surface area (Å²) in [6.07, 6.45) is 2.68. The second-order valence-electron chi connectivity index (χ2n) is 4.18. The van der Waals surface area contributed by atoms with Crippen molar-refractivity contribution < 1.29 is 0 Å². The predicted octanol–water partition coefficient (Wildman–Crippen LogP) is 3.18. The number of fused-ring (bicyclic) bond motifs is 1. The van der Waals surface area contributed by atoms with Crippen LogP contribution in [-0.4, -0.2) is 11.0 Å². The Morgan fingerprint density at radius 2 is 2.20 bits per heavy atom. The first kappa shape index (κ1) is 9.43. The zero-order valence-corrected chi connectivity index (χ0v) is 9.97. The van der Waals surface area contributed by atoms with Crippen LogP contribution in [0.3, 0.4) is 0 Å². The minimum Gasteiger partial charge on any atom is -0.357 e. The van der Waals surface area contributed by atoms with Crippen molar-refractivity contribution in [1.82, 2.24) is 10.3 Å². The highest BCUT2D eigenvalue weighted by atomic mass is 79.9. The molecular formula is C12H13BrN2. The largest absolute Gasteiger partial charge is 0.357 e. The molecule has 3 heteroatoms. The monoisotopic (exact) mass is 264 g/mol. The Morgan fingerprint density at radius 3 is 3.00 bits per heavy atom. The molecule has 3 rings (SSSR count). The van der Waals surface area contributed by atoms with Gasteiger partial charge in [-0.25, -0.2) is 0 Å². The van der Waals surface area contributed by atoms with Crippen LogP contribution in [0.25, 0.3) is 10.9 Å². The summed E-state index contributed by atoms with van der Waals surface area (Å²) in [6, 6.07) is 9.31. The highest BCUT2D eigenvalue weighted by Crippen LogP contribution is 2.22. The van der Waals surface area contributed by atoms with Crippen molar-refractivity contribution in [3.05, 3.63) is 34.4 Å². The van der Waals surface area contributed by atoms with Gasteiger partial charge in [-0.3, -0.25) is 0 Å². The average Bonchev–Trinajstić information content (AvgIpc) is 2.95. The fraction of sp³-hybridized carbons (Fsp3) is 0.333. The molecule has 0 saturated heterocycles. The first-order valence-electron chi connectivity index (χ1n) is 5.32. The lowest BCUT2D eigenvalue weighted by Crippen LogP contribution is -2.15. The summed E-state index contributed by atoms with van der Waals surface area (Å²) in [6.45, 7) is 0.955. The average molecular weight is 265 g/mol. The third-order valence-electron chi connectivity index (χ3n) is 2.80. The summed E-state index contributed by atoms with van der Waals surface area (Å²) in [5.74, 6) is 0. The Hall–Kier alpha value is -0.800. The predicted molar refractivity (Wildman–Crippen MR) is 65.9 cm³/mol. The molecule has 0 aliphatic heterocycles. The van der Waals surface area contributed by atoms with Crippen LogP contribution in [0.2, 0.25) is 0 Å². The SMILES string of the molecule is Brc1ccc2[nH]c(CNC3CC3)cc2c1. The molecule has 0 radical (unpaired) electrons. The van der Waals surface area contributed by atoms with E-state index in [1.165, 1.54) is 29.4 Å². The fourth-order valence-corrected chi connectivity index (χ4v) is 2.18. The maximum atomic E-state index is 3.51. The number of aromatic amines is 1. The van der Waals surface area contributed by atoms with Gasteiger partial charge in [0.05, 0.1) is 0 Å². The quantitative estimate of drug-likeness (QED) is 0.876. The Labute approximate surface area is 97.2 Å². The van der Waals surface area contributed by atoms with Crippen LogP contribution < -0.4 is 5.32 Å². The Morgan fingerprint density at radius 1 is 1.33 bits per heavy atom. The van der Waals surface area contributed by atoms with Gasteiger partial charge in [-0.2, -0.15) is 0 Å². The van der Waals surface area contributed by atoms with Crippen molar-refractivity contribution >= 4 is 26.8 Å². The molecule has 15 heavy (non-hydrogen) atoms. The van der Waals surface area contributed by atoms with Gasteiger partial charge in [0.25, 0.3) is 0 Å². The maximum absolute atomic E-state index is 3.51. The fourth-order valence-electron chi connectivity index (χ4n) is 1.80. The molecule has 78 valence electrons. The van der Waals surface area contributed by atoms with Crippen molar-refractivity contribution in [2.24, 2.45) is 0 Å². The molecule has 1 aliphatic carbocycles. The van der Waals surface area contributed by atoms with Crippen molar-refractivity contribution in [1.29, 1.82) is 0 Å². The standard InChI is InChI=1S/C12H13BrN2/c13-9-1-4-12-8(5-9)6-11(15-12)7-14-10-2-3-10/h1,4-6,10,14-15H,2-3,7H2. The zero-order chi connectivity index (χ0) is 10.3. The third-order valence-corrected chi connectivity index (χ3v) is 3.29. The van der Waals surface area contributed by atoms with Crippen LogP contribution in [0.1, 0.15) is 18.5 Å². The molecule has 0 bridgehead atoms. The molecule has 1 aromatic carbocycles. The number of aromatic nitrogens is 1. The van der Waals surface area contributed by atoms with Crippen molar-refractivity contribution in [3.8, 4) is 0 Å². The molecule has 2 nitrogen and oxygen atoms in total. The van der Waals surface area contributed by atoms with Gasteiger partial charge in [-0.1, -0.05) is 15.9 Å². The number of hydrogen-bond donors (Lipinski definition) is 2. The van der Waals surface area contributed by atoms with E-state index in [9.17, 15) is 0 Å². The number of H-pyrrole nitrogens is 1. The first-order chi connectivity index (χ1) is 7.31. The molecule has 1 aliphatic rings. The molecular weight excluding hydrogens is 252 g/mol. The van der Waals surface area contributed by atoms with Gasteiger partial charge in [-0.05, 0) is 37.1 Å². The molecule has 1 fully saturated rings. The number of halogens is 1. The number of nitrogens with one attached hydrogen (secondary N) is 2. The zero-order valence-electron chi connectivity index (χ0n) is 8.39. The number of hydrogen-bond acceptors (Lipinski definition) is 1. The van der Waals surface area contributed by atoms with Crippen molar-refractivity contribution in [2.75, 3.05) is 0 Å². The smallest absolute Gasteiger partial charge is 0.0457 e. The van der Waals surface area contributed by atoms with E-state index in [0.717, 1.165) is 17.1 Å². The molecule has 0 unspecified atom stereocenters. The lowest BCUT2D eigenvalue weighted by molar-refractivity contribution is 0.678. The minimum atomic E-state index is 0.767. The van der Waals surface area contributed by atoms with Gasteiger partial charge in [-0.15, -0.1) is 0 Å². The van der Waals surface area contributed by atoms with E-state index in [1.807, 2.05) is 0 Å². The summed E-state index contributed by atoms with van der Waals surface area (Å²) in [4.78, 5) is 3.42. The van der Waals surface area contributed by atoms with Crippen LogP contribution >= 0.6 is 15.9 Å². The van der Waals surface area contributed by atoms with Crippen molar-refractivity contribution in [3.63, 3.8) is 0 Å². The van der Waals surface area contributed by atoms with Gasteiger partial charge in [0.15, 0.2) is 0 Å². The number of benzene rings is 1. The van der Waals surface area contributed by atoms with E-state index in [2.05, 4.69) is 50.5 Å². The lowest BCUT2D eigenvalue weighted by atomic mass is 10.2. The van der Waals surface area contributed by atoms with Crippen LogP contribution in [0.5, 0.6) is 0 Å². The summed E-state index contributed by atoms with van der Waals surface area (Å²) in [7, 11) is 0. The molecule has 2 N–H and O–H groups in total. The van der Waals surface area contributed by atoms with Gasteiger partial charge >= 0.3 is 0 Å². The molecule has 1 heterocycles. The Bertz CT molecular complexity index is 485. The van der Waals surface area contributed by atoms with Gasteiger partial charge in [0.1, 0.15) is 0 Å². The van der Waals surface area contributed by atoms with Gasteiger partial charge in [0, 0.05) is 33.7 Å². The molecule has 2 aromatic rings. The van der Waals surface area contributed by atoms with Crippen molar-refractivity contribution in [2.45, 2.75) is 25.4 Å². The van der Waals surface area contributed by atoms with Gasteiger partial charge in [0.2, 0.25) is 0 Å². The van der Waals surface area contributed by atoms with Crippen LogP contribution in [0.4, 0.5) is 0 Å².